The van der Waals surface area contributed by atoms with Crippen LogP contribution in [0.15, 0.2) is 106 Å². The van der Waals surface area contributed by atoms with Crippen LogP contribution in [-0.2, 0) is 10.9 Å². The molecule has 4 aromatic rings. The maximum atomic E-state index is 10.7. The number of unbranched alkanes of at least 4 members (excludes halogenated alkanes) is 3. The van der Waals surface area contributed by atoms with Gasteiger partial charge in [0.25, 0.3) is 0 Å². The van der Waals surface area contributed by atoms with Gasteiger partial charge in [0.2, 0.25) is 0 Å². The average Bonchev–Trinajstić information content (AvgIpc) is 2.91. The summed E-state index contributed by atoms with van der Waals surface area (Å²) in [5, 5.41) is 28.0. The smallest absolute Gasteiger partial charge is 0.338 e. The molecule has 5 nitrogen and oxygen atoms in total. The Balaban J connectivity index is 0.000000320. The largest absolute Gasteiger partial charge is 0.872 e. The molecule has 0 saturated carbocycles. The van der Waals surface area contributed by atoms with Crippen molar-refractivity contribution < 1.29 is 24.9 Å². The molecule has 0 radical (unpaired) electrons. The second-order valence-corrected chi connectivity index (χ2v) is 11.2. The number of carbonyl (C=O) groups is 1. The van der Waals surface area contributed by atoms with Crippen LogP contribution in [0, 0.1) is 13.8 Å². The molecule has 0 bridgehead atoms. The quantitative estimate of drug-likeness (QED) is 0.159. The Kier molecular flexibility index (Phi) is 11.3. The van der Waals surface area contributed by atoms with Crippen LogP contribution in [0.3, 0.4) is 0 Å². The third-order valence-corrected chi connectivity index (χ3v) is 8.28. The van der Waals surface area contributed by atoms with Crippen molar-refractivity contribution in [1.29, 1.82) is 0 Å². The molecule has 0 atom stereocenters. The average molecular weight is 545 g/mol. The van der Waals surface area contributed by atoms with Crippen molar-refractivity contribution in [3.8, 4) is 17.2 Å². The number of aromatic carboxylic acids is 1. The topological polar surface area (TPSA) is 89.8 Å². The zero-order valence-corrected chi connectivity index (χ0v) is 23.5. The van der Waals surface area contributed by atoms with Crippen molar-refractivity contribution in [3.63, 3.8) is 0 Å². The summed E-state index contributed by atoms with van der Waals surface area (Å²) in [5.41, 5.74) is 1.89. The van der Waals surface area contributed by atoms with Crippen molar-refractivity contribution in [2.75, 3.05) is 6.61 Å². The van der Waals surface area contributed by atoms with Gasteiger partial charge in [0.1, 0.15) is 11.5 Å². The maximum Gasteiger partial charge on any atom is 0.338 e. The van der Waals surface area contributed by atoms with Crippen molar-refractivity contribution in [2.24, 2.45) is 0 Å². The molecule has 0 aliphatic heterocycles. The molecule has 0 saturated heterocycles. The lowest BCUT2D eigenvalue weighted by Crippen LogP contribution is -2.07. The fraction of sp³-hybridized carbons (Fsp3) is 0.242. The minimum absolute atomic E-state index is 0.109. The fourth-order valence-corrected chi connectivity index (χ4v) is 6.48. The molecule has 39 heavy (non-hydrogen) atoms. The van der Waals surface area contributed by atoms with Crippen molar-refractivity contribution >= 4 is 16.9 Å². The van der Waals surface area contributed by atoms with E-state index < -0.39 is 23.0 Å². The Labute approximate surface area is 234 Å². The highest BCUT2D eigenvalue weighted by atomic mass is 32.2. The molecule has 0 aliphatic carbocycles. The summed E-state index contributed by atoms with van der Waals surface area (Å²) in [7, 11) is -0.109. The molecule has 4 aromatic carbocycles. The predicted molar refractivity (Wildman–Crippen MR) is 155 cm³/mol. The molecule has 0 spiro atoms. The number of carboxylic acid groups (broad SMARTS) is 1. The summed E-state index contributed by atoms with van der Waals surface area (Å²) in [6, 6.07) is 29.8. The van der Waals surface area contributed by atoms with Gasteiger partial charge in [0.05, 0.1) is 23.1 Å². The normalized spacial score (nSPS) is 10.6. The third kappa shape index (κ3) is 8.29. The van der Waals surface area contributed by atoms with Gasteiger partial charge >= 0.3 is 5.97 Å². The minimum Gasteiger partial charge on any atom is -0.872 e. The number of hydrogen-bond acceptors (Lipinski definition) is 4. The SMILES string of the molecule is CCCCCCOc1c(C)cc([S+](c2ccccc2)c2ccccc2)cc1C.O=C(O)c1c([O-])cccc1O. The second-order valence-electron chi connectivity index (χ2n) is 9.18. The first-order valence-corrected chi connectivity index (χ1v) is 14.4. The monoisotopic (exact) mass is 544 g/mol. The molecule has 204 valence electrons. The van der Waals surface area contributed by atoms with E-state index in [1.807, 2.05) is 0 Å². The first kappa shape index (κ1) is 29.7. The Bertz CT molecular complexity index is 1260. The van der Waals surface area contributed by atoms with Crippen LogP contribution < -0.4 is 9.84 Å². The Hall–Kier alpha value is -3.90. The van der Waals surface area contributed by atoms with Crippen LogP contribution in [0.25, 0.3) is 0 Å². The molecule has 0 aromatic heterocycles. The van der Waals surface area contributed by atoms with Crippen molar-refractivity contribution in [2.45, 2.75) is 61.1 Å². The number of hydrogen-bond donors (Lipinski definition) is 2. The lowest BCUT2D eigenvalue weighted by molar-refractivity contribution is -0.268. The number of benzene rings is 4. The van der Waals surface area contributed by atoms with Crippen LogP contribution in [0.4, 0.5) is 0 Å². The lowest BCUT2D eigenvalue weighted by atomic mass is 10.1. The molecule has 0 amide bonds. The molecule has 0 fully saturated rings. The first-order valence-electron chi connectivity index (χ1n) is 13.1. The van der Waals surface area contributed by atoms with Gasteiger partial charge in [-0.15, -0.1) is 0 Å². The third-order valence-electron chi connectivity index (χ3n) is 6.09. The number of aryl methyl sites for hydroxylation is 2. The number of ether oxygens (including phenoxy) is 1. The zero-order chi connectivity index (χ0) is 28.2. The number of phenols is 1. The highest BCUT2D eigenvalue weighted by molar-refractivity contribution is 7.97. The fourth-order valence-electron chi connectivity index (χ4n) is 4.22. The summed E-state index contributed by atoms with van der Waals surface area (Å²) >= 11 is 0. The number of rotatable bonds is 10. The summed E-state index contributed by atoms with van der Waals surface area (Å²) in [4.78, 5) is 14.3. The van der Waals surface area contributed by atoms with Crippen molar-refractivity contribution in [3.05, 3.63) is 108 Å². The van der Waals surface area contributed by atoms with Crippen molar-refractivity contribution in [1.82, 2.24) is 0 Å². The second kappa shape index (κ2) is 14.9. The van der Waals surface area contributed by atoms with Gasteiger partial charge in [-0.1, -0.05) is 80.5 Å². The zero-order valence-electron chi connectivity index (χ0n) is 22.7. The summed E-state index contributed by atoms with van der Waals surface area (Å²) in [6.45, 7) is 7.40. The van der Waals surface area contributed by atoms with Crippen LogP contribution in [-0.4, -0.2) is 22.8 Å². The summed E-state index contributed by atoms with van der Waals surface area (Å²) < 4.78 is 6.16. The van der Waals surface area contributed by atoms with E-state index in [2.05, 4.69) is 93.6 Å². The van der Waals surface area contributed by atoms with Crippen LogP contribution in [0.1, 0.15) is 54.1 Å². The number of carboxylic acids is 1. The van der Waals surface area contributed by atoms with E-state index in [1.165, 1.54) is 51.1 Å². The van der Waals surface area contributed by atoms with E-state index in [1.54, 1.807) is 0 Å². The van der Waals surface area contributed by atoms with Gasteiger partial charge in [-0.25, -0.2) is 4.79 Å². The molecule has 6 heteroatoms. The molecular weight excluding hydrogens is 508 g/mol. The Morgan fingerprint density at radius 3 is 1.82 bits per heavy atom. The Morgan fingerprint density at radius 2 is 1.36 bits per heavy atom. The van der Waals surface area contributed by atoms with Crippen LogP contribution in [0.2, 0.25) is 0 Å². The number of aromatic hydroxyl groups is 1. The molecule has 0 unspecified atom stereocenters. The van der Waals surface area contributed by atoms with Gasteiger partial charge in [-0.05, 0) is 61.7 Å². The summed E-state index contributed by atoms with van der Waals surface area (Å²) in [6.07, 6.45) is 4.93. The molecule has 0 aliphatic rings. The Morgan fingerprint density at radius 1 is 0.795 bits per heavy atom. The maximum absolute atomic E-state index is 10.7. The van der Waals surface area contributed by atoms with Gasteiger partial charge < -0.3 is 20.1 Å². The van der Waals surface area contributed by atoms with E-state index in [-0.39, 0.29) is 10.9 Å². The standard InChI is InChI=1S/C26H31OS.C7H6O4/c1-4-5-6-13-18-27-26-21(2)19-25(20-22(26)3)28(23-14-9-7-10-15-23)24-16-11-8-12-17-24;8-4-2-1-3-5(9)6(4)7(10)11/h7-12,14-17,19-20H,4-6,13,18H2,1-3H3;1-3,8-9H,(H,10,11)/q+1;/p-1. The van der Waals surface area contributed by atoms with E-state index in [4.69, 9.17) is 14.9 Å². The van der Waals surface area contributed by atoms with E-state index in [9.17, 15) is 9.90 Å². The van der Waals surface area contributed by atoms with Gasteiger partial charge in [0, 0.05) is 12.1 Å². The predicted octanol–water partition coefficient (Wildman–Crippen LogP) is 7.52. The highest BCUT2D eigenvalue weighted by Gasteiger charge is 2.29. The molecule has 2 N–H and O–H groups in total. The van der Waals surface area contributed by atoms with Crippen LogP contribution in [0.5, 0.6) is 17.2 Å². The highest BCUT2D eigenvalue weighted by Crippen LogP contribution is 2.35. The first-order chi connectivity index (χ1) is 18.8. The summed E-state index contributed by atoms with van der Waals surface area (Å²) in [5.74, 6) is -1.53. The minimum atomic E-state index is -1.41. The molecular formula is C33H36O5S. The van der Waals surface area contributed by atoms with E-state index in [0.29, 0.717) is 0 Å². The van der Waals surface area contributed by atoms with Gasteiger partial charge in [0.15, 0.2) is 14.7 Å². The van der Waals surface area contributed by atoms with Gasteiger partial charge in [-0.2, -0.15) is 0 Å². The molecule has 4 rings (SSSR count). The van der Waals surface area contributed by atoms with E-state index >= 15 is 0 Å². The lowest BCUT2D eigenvalue weighted by Gasteiger charge is -2.15. The molecule has 0 heterocycles. The van der Waals surface area contributed by atoms with E-state index in [0.717, 1.165) is 30.9 Å². The van der Waals surface area contributed by atoms with Gasteiger partial charge in [-0.3, -0.25) is 0 Å². The van der Waals surface area contributed by atoms with Crippen LogP contribution >= 0.6 is 0 Å².